The summed E-state index contributed by atoms with van der Waals surface area (Å²) in [5.41, 5.74) is 1.12. The lowest BCUT2D eigenvalue weighted by Gasteiger charge is -2.07. The van der Waals surface area contributed by atoms with Crippen molar-refractivity contribution in [2.75, 3.05) is 26.1 Å². The summed E-state index contributed by atoms with van der Waals surface area (Å²) < 4.78 is 18.2. The number of hydrogen-bond donors (Lipinski definition) is 1. The highest BCUT2D eigenvalue weighted by atomic mass is 16.5. The minimum absolute atomic E-state index is 0.231. The maximum absolute atomic E-state index is 9.27. The molecule has 8 nitrogen and oxygen atoms in total. The SMILES string of the molecule is COc1ccc(/C=C/c2nc(C#N)c(NCCCn3ccnc3)o2)cc1OC. The number of nitriles is 1. The summed E-state index contributed by atoms with van der Waals surface area (Å²) in [6.07, 6.45) is 9.82. The van der Waals surface area contributed by atoms with Crippen molar-refractivity contribution < 1.29 is 13.9 Å². The molecule has 0 aliphatic heterocycles. The van der Waals surface area contributed by atoms with Crippen LogP contribution in [-0.2, 0) is 6.54 Å². The lowest BCUT2D eigenvalue weighted by Crippen LogP contribution is -2.06. The predicted molar refractivity (Wildman–Crippen MR) is 105 cm³/mol. The molecule has 28 heavy (non-hydrogen) atoms. The molecule has 0 saturated heterocycles. The number of nitrogens with one attached hydrogen (secondary N) is 1. The number of imidazole rings is 1. The minimum atomic E-state index is 0.231. The van der Waals surface area contributed by atoms with Crippen molar-refractivity contribution in [1.82, 2.24) is 14.5 Å². The van der Waals surface area contributed by atoms with Crippen molar-refractivity contribution in [3.05, 3.63) is 54.1 Å². The van der Waals surface area contributed by atoms with Crippen LogP contribution < -0.4 is 14.8 Å². The van der Waals surface area contributed by atoms with Gasteiger partial charge in [0.15, 0.2) is 11.5 Å². The Balaban J connectivity index is 1.63. The van der Waals surface area contributed by atoms with E-state index in [0.29, 0.717) is 29.8 Å². The van der Waals surface area contributed by atoms with E-state index in [1.54, 1.807) is 32.8 Å². The van der Waals surface area contributed by atoms with E-state index in [-0.39, 0.29) is 5.69 Å². The number of nitrogens with zero attached hydrogens (tertiary/aromatic N) is 4. The number of aryl methyl sites for hydroxylation is 1. The first-order valence-corrected chi connectivity index (χ1v) is 8.74. The van der Waals surface area contributed by atoms with Gasteiger partial charge in [-0.25, -0.2) is 4.98 Å². The Kier molecular flexibility index (Phi) is 6.31. The Morgan fingerprint density at radius 1 is 1.25 bits per heavy atom. The topological polar surface area (TPSA) is 98.1 Å². The lowest BCUT2D eigenvalue weighted by molar-refractivity contribution is 0.355. The first-order chi connectivity index (χ1) is 13.7. The van der Waals surface area contributed by atoms with Gasteiger partial charge in [-0.2, -0.15) is 10.2 Å². The molecule has 3 aromatic rings. The second-order valence-electron chi connectivity index (χ2n) is 5.87. The van der Waals surface area contributed by atoms with Crippen molar-refractivity contribution in [1.29, 1.82) is 5.26 Å². The fourth-order valence-corrected chi connectivity index (χ4v) is 2.61. The van der Waals surface area contributed by atoms with Gasteiger partial charge in [0.05, 0.1) is 20.5 Å². The third-order valence-corrected chi connectivity index (χ3v) is 4.01. The van der Waals surface area contributed by atoms with Crippen LogP contribution in [0.4, 0.5) is 5.88 Å². The van der Waals surface area contributed by atoms with E-state index in [2.05, 4.69) is 15.3 Å². The molecule has 1 aromatic carbocycles. The molecule has 144 valence electrons. The summed E-state index contributed by atoms with van der Waals surface area (Å²) in [5.74, 6) is 2.02. The molecular weight excluding hydrogens is 358 g/mol. The summed E-state index contributed by atoms with van der Waals surface area (Å²) in [6.45, 7) is 1.48. The van der Waals surface area contributed by atoms with Gasteiger partial charge in [-0.15, -0.1) is 0 Å². The Morgan fingerprint density at radius 3 is 2.82 bits per heavy atom. The van der Waals surface area contributed by atoms with Crippen LogP contribution in [0.15, 0.2) is 41.3 Å². The molecule has 1 N–H and O–H groups in total. The number of rotatable bonds is 9. The van der Waals surface area contributed by atoms with Crippen LogP contribution in [0.1, 0.15) is 23.6 Å². The zero-order valence-electron chi connectivity index (χ0n) is 15.8. The number of hydrogen-bond acceptors (Lipinski definition) is 7. The number of methoxy groups -OCH3 is 2. The van der Waals surface area contributed by atoms with Crippen molar-refractivity contribution in [3.63, 3.8) is 0 Å². The third-order valence-electron chi connectivity index (χ3n) is 4.01. The van der Waals surface area contributed by atoms with Gasteiger partial charge in [0.25, 0.3) is 0 Å². The second-order valence-corrected chi connectivity index (χ2v) is 5.87. The van der Waals surface area contributed by atoms with Crippen molar-refractivity contribution in [2.24, 2.45) is 0 Å². The predicted octanol–water partition coefficient (Wildman–Crippen LogP) is 3.43. The summed E-state index contributed by atoms with van der Waals surface area (Å²) in [4.78, 5) is 8.20. The van der Waals surface area contributed by atoms with Crippen LogP contribution in [-0.4, -0.2) is 35.3 Å². The molecule has 0 saturated carbocycles. The molecule has 0 radical (unpaired) electrons. The number of oxazole rings is 1. The smallest absolute Gasteiger partial charge is 0.232 e. The molecule has 0 bridgehead atoms. The molecule has 0 aliphatic rings. The zero-order valence-corrected chi connectivity index (χ0v) is 15.8. The fourth-order valence-electron chi connectivity index (χ4n) is 2.61. The summed E-state index contributed by atoms with van der Waals surface area (Å²) in [5, 5.41) is 12.4. The largest absolute Gasteiger partial charge is 0.493 e. The van der Waals surface area contributed by atoms with E-state index in [4.69, 9.17) is 13.9 Å². The van der Waals surface area contributed by atoms with Gasteiger partial charge in [0, 0.05) is 31.6 Å². The zero-order chi connectivity index (χ0) is 19.8. The van der Waals surface area contributed by atoms with Crippen LogP contribution >= 0.6 is 0 Å². The molecule has 0 unspecified atom stereocenters. The van der Waals surface area contributed by atoms with Crippen LogP contribution in [0.2, 0.25) is 0 Å². The number of ether oxygens (including phenoxy) is 2. The Morgan fingerprint density at radius 2 is 2.11 bits per heavy atom. The van der Waals surface area contributed by atoms with Gasteiger partial charge in [0.1, 0.15) is 6.07 Å². The van der Waals surface area contributed by atoms with Crippen LogP contribution in [0, 0.1) is 11.3 Å². The average Bonchev–Trinajstić information content (AvgIpc) is 3.39. The molecular formula is C20H21N5O3. The molecule has 0 spiro atoms. The van der Waals surface area contributed by atoms with E-state index >= 15 is 0 Å². The summed E-state index contributed by atoms with van der Waals surface area (Å²) in [7, 11) is 3.18. The Hall–Kier alpha value is -3.73. The highest BCUT2D eigenvalue weighted by Crippen LogP contribution is 2.28. The van der Waals surface area contributed by atoms with E-state index < -0.39 is 0 Å². The molecule has 2 aromatic heterocycles. The molecule has 0 fully saturated rings. The van der Waals surface area contributed by atoms with E-state index in [1.165, 1.54) is 0 Å². The van der Waals surface area contributed by atoms with Crippen molar-refractivity contribution in [2.45, 2.75) is 13.0 Å². The summed E-state index contributed by atoms with van der Waals surface area (Å²) in [6, 6.07) is 7.61. The van der Waals surface area contributed by atoms with Gasteiger partial charge >= 0.3 is 0 Å². The summed E-state index contributed by atoms with van der Waals surface area (Å²) >= 11 is 0. The van der Waals surface area contributed by atoms with Gasteiger partial charge < -0.3 is 23.8 Å². The third kappa shape index (κ3) is 4.71. The Bertz CT molecular complexity index is 970. The van der Waals surface area contributed by atoms with Gasteiger partial charge in [-0.1, -0.05) is 6.07 Å². The molecule has 0 aliphatic carbocycles. The number of aromatic nitrogens is 3. The molecule has 8 heteroatoms. The van der Waals surface area contributed by atoms with Gasteiger partial charge in [-0.05, 0) is 30.2 Å². The van der Waals surface area contributed by atoms with Crippen LogP contribution in [0.3, 0.4) is 0 Å². The van der Waals surface area contributed by atoms with Crippen molar-refractivity contribution in [3.8, 4) is 17.6 Å². The molecule has 2 heterocycles. The van der Waals surface area contributed by atoms with Crippen LogP contribution in [0.5, 0.6) is 11.5 Å². The number of benzene rings is 1. The number of anilines is 1. The standard InChI is InChI=1S/C20H21N5O3/c1-26-17-6-4-15(12-18(17)27-2)5-7-19-24-16(13-21)20(28-19)23-8-3-10-25-11-9-22-14-25/h4-7,9,11-12,14,23H,3,8,10H2,1-2H3/b7-5+. The lowest BCUT2D eigenvalue weighted by atomic mass is 10.2. The highest BCUT2D eigenvalue weighted by Gasteiger charge is 2.11. The van der Waals surface area contributed by atoms with Gasteiger partial charge in [0.2, 0.25) is 17.5 Å². The molecule has 0 atom stereocenters. The monoisotopic (exact) mass is 379 g/mol. The normalized spacial score (nSPS) is 10.8. The van der Waals surface area contributed by atoms with Crippen molar-refractivity contribution >= 4 is 18.0 Å². The van der Waals surface area contributed by atoms with E-state index in [0.717, 1.165) is 18.5 Å². The van der Waals surface area contributed by atoms with Crippen LogP contribution in [0.25, 0.3) is 12.2 Å². The first kappa shape index (κ1) is 19.0. The maximum atomic E-state index is 9.27. The highest BCUT2D eigenvalue weighted by molar-refractivity contribution is 5.68. The minimum Gasteiger partial charge on any atom is -0.493 e. The Labute approximate surface area is 163 Å². The average molecular weight is 379 g/mol. The maximum Gasteiger partial charge on any atom is 0.232 e. The fraction of sp³-hybridized carbons (Fsp3) is 0.250. The second kappa shape index (κ2) is 9.28. The van der Waals surface area contributed by atoms with E-state index in [9.17, 15) is 5.26 Å². The first-order valence-electron chi connectivity index (χ1n) is 8.74. The van der Waals surface area contributed by atoms with Gasteiger partial charge in [-0.3, -0.25) is 0 Å². The molecule has 3 rings (SSSR count). The van der Waals surface area contributed by atoms with E-state index in [1.807, 2.05) is 41.1 Å². The quantitative estimate of drug-likeness (QED) is 0.569. The molecule has 0 amide bonds.